The van der Waals surface area contributed by atoms with Crippen molar-refractivity contribution in [1.29, 1.82) is 0 Å². The average molecular weight is 439 g/mol. The Morgan fingerprint density at radius 1 is 1.17 bits per heavy atom. The second-order valence-corrected chi connectivity index (χ2v) is 8.05. The lowest BCUT2D eigenvalue weighted by Crippen LogP contribution is -2.35. The van der Waals surface area contributed by atoms with Crippen LogP contribution >= 0.6 is 39.1 Å². The van der Waals surface area contributed by atoms with Crippen LogP contribution in [-0.2, 0) is 14.8 Å². The second kappa shape index (κ2) is 7.09. The first kappa shape index (κ1) is 18.1. The van der Waals surface area contributed by atoms with E-state index in [1.54, 1.807) is 12.1 Å². The molecule has 0 amide bonds. The maximum Gasteiger partial charge on any atom is 0.324 e. The van der Waals surface area contributed by atoms with E-state index < -0.39 is 22.5 Å². The Hall–Kier alpha value is -1.28. The van der Waals surface area contributed by atoms with E-state index in [2.05, 4.69) is 15.9 Å². The van der Waals surface area contributed by atoms with Gasteiger partial charge in [0.2, 0.25) is 0 Å². The summed E-state index contributed by atoms with van der Waals surface area (Å²) in [6.45, 7) is -0.748. The summed E-state index contributed by atoms with van der Waals surface area (Å²) in [6, 6.07) is 10.3. The van der Waals surface area contributed by atoms with E-state index >= 15 is 0 Å². The van der Waals surface area contributed by atoms with Crippen LogP contribution in [0.5, 0.6) is 0 Å². The van der Waals surface area contributed by atoms with Crippen LogP contribution < -0.4 is 4.31 Å². The highest BCUT2D eigenvalue weighted by molar-refractivity contribution is 9.10. The van der Waals surface area contributed by atoms with Gasteiger partial charge in [-0.25, -0.2) is 8.42 Å². The molecule has 0 aliphatic heterocycles. The quantitative estimate of drug-likeness (QED) is 0.764. The Bertz CT molecular complexity index is 858. The van der Waals surface area contributed by atoms with E-state index in [-0.39, 0.29) is 20.6 Å². The third-order valence-electron chi connectivity index (χ3n) is 2.84. The van der Waals surface area contributed by atoms with Crippen LogP contribution in [0.3, 0.4) is 0 Å². The molecule has 0 radical (unpaired) electrons. The molecule has 0 heterocycles. The van der Waals surface area contributed by atoms with Crippen molar-refractivity contribution in [2.24, 2.45) is 0 Å². The van der Waals surface area contributed by atoms with E-state index in [9.17, 15) is 13.2 Å². The average Bonchev–Trinajstić information content (AvgIpc) is 2.47. The smallest absolute Gasteiger partial charge is 0.324 e. The van der Waals surface area contributed by atoms with Crippen molar-refractivity contribution in [2.45, 2.75) is 4.90 Å². The van der Waals surface area contributed by atoms with Crippen LogP contribution in [0, 0.1) is 0 Å². The molecular weight excluding hydrogens is 429 g/mol. The number of benzene rings is 2. The number of carboxylic acids is 1. The summed E-state index contributed by atoms with van der Waals surface area (Å²) in [5, 5.41) is 9.21. The first-order chi connectivity index (χ1) is 10.7. The van der Waals surface area contributed by atoms with Gasteiger partial charge in [-0.2, -0.15) is 0 Å². The van der Waals surface area contributed by atoms with Gasteiger partial charge in [-0.3, -0.25) is 9.10 Å². The second-order valence-electron chi connectivity index (χ2n) is 4.46. The fourth-order valence-corrected chi connectivity index (χ4v) is 4.40. The Kier molecular flexibility index (Phi) is 5.57. The minimum atomic E-state index is -4.20. The standard InChI is InChI=1S/C14H10BrCl2NO4S/c15-9-2-1-3-11(6-9)18(8-14(19)20)23(21,22)13-7-10(16)4-5-12(13)17/h1-7H,8H2,(H,19,20). The predicted octanol–water partition coefficient (Wildman–Crippen LogP) is 4.04. The van der Waals surface area contributed by atoms with Crippen molar-refractivity contribution in [3.05, 3.63) is 57.0 Å². The molecule has 23 heavy (non-hydrogen) atoms. The molecule has 0 aromatic heterocycles. The highest BCUT2D eigenvalue weighted by atomic mass is 79.9. The van der Waals surface area contributed by atoms with E-state index in [0.29, 0.717) is 4.47 Å². The zero-order valence-electron chi connectivity index (χ0n) is 11.4. The van der Waals surface area contributed by atoms with Crippen LogP contribution in [-0.4, -0.2) is 26.0 Å². The Balaban J connectivity index is 2.62. The molecule has 122 valence electrons. The molecule has 1 N–H and O–H groups in total. The number of nitrogens with zero attached hydrogens (tertiary/aromatic N) is 1. The molecule has 0 bridgehead atoms. The minimum absolute atomic E-state index is 0.0419. The molecule has 0 aliphatic rings. The van der Waals surface area contributed by atoms with E-state index in [1.807, 2.05) is 0 Å². The fraction of sp³-hybridized carbons (Fsp3) is 0.0714. The first-order valence-corrected chi connectivity index (χ1v) is 9.16. The van der Waals surface area contributed by atoms with Gasteiger partial charge in [0, 0.05) is 9.50 Å². The molecule has 5 nitrogen and oxygen atoms in total. The number of carbonyl (C=O) groups is 1. The zero-order valence-corrected chi connectivity index (χ0v) is 15.3. The van der Waals surface area contributed by atoms with E-state index in [0.717, 1.165) is 4.31 Å². The Morgan fingerprint density at radius 2 is 1.87 bits per heavy atom. The van der Waals surface area contributed by atoms with Gasteiger partial charge < -0.3 is 5.11 Å². The van der Waals surface area contributed by atoms with Gasteiger partial charge in [-0.05, 0) is 36.4 Å². The number of sulfonamides is 1. The maximum atomic E-state index is 12.9. The molecule has 0 fully saturated rings. The normalized spacial score (nSPS) is 11.3. The summed E-state index contributed by atoms with van der Waals surface area (Å²) in [5.74, 6) is -1.30. The van der Waals surface area contributed by atoms with Gasteiger partial charge in [0.15, 0.2) is 0 Å². The van der Waals surface area contributed by atoms with Crippen molar-refractivity contribution >= 4 is 60.8 Å². The largest absolute Gasteiger partial charge is 0.480 e. The van der Waals surface area contributed by atoms with Crippen LogP contribution in [0.15, 0.2) is 51.8 Å². The van der Waals surface area contributed by atoms with Crippen LogP contribution in [0.2, 0.25) is 10.0 Å². The predicted molar refractivity (Wildman–Crippen MR) is 92.8 cm³/mol. The number of hydrogen-bond donors (Lipinski definition) is 1. The summed E-state index contributed by atoms with van der Waals surface area (Å²) in [5.41, 5.74) is 0.192. The molecule has 9 heteroatoms. The number of rotatable bonds is 5. The van der Waals surface area contributed by atoms with Crippen molar-refractivity contribution < 1.29 is 18.3 Å². The summed E-state index contributed by atoms with van der Waals surface area (Å²) in [4.78, 5) is 10.9. The summed E-state index contributed by atoms with van der Waals surface area (Å²) >= 11 is 15.0. The Labute approximate surface area is 151 Å². The third-order valence-corrected chi connectivity index (χ3v) is 5.82. The Morgan fingerprint density at radius 3 is 2.48 bits per heavy atom. The van der Waals surface area contributed by atoms with E-state index in [4.69, 9.17) is 28.3 Å². The highest BCUT2D eigenvalue weighted by Crippen LogP contribution is 2.31. The molecule has 2 aromatic rings. The first-order valence-electron chi connectivity index (χ1n) is 6.17. The fourth-order valence-electron chi connectivity index (χ4n) is 1.86. The number of halogens is 3. The summed E-state index contributed by atoms with van der Waals surface area (Å²) in [7, 11) is -4.20. The van der Waals surface area contributed by atoms with Gasteiger partial charge in [0.25, 0.3) is 10.0 Å². The van der Waals surface area contributed by atoms with Crippen LogP contribution in [0.4, 0.5) is 5.69 Å². The molecule has 0 unspecified atom stereocenters. The lowest BCUT2D eigenvalue weighted by molar-refractivity contribution is -0.135. The van der Waals surface area contributed by atoms with Gasteiger partial charge in [0.1, 0.15) is 11.4 Å². The molecule has 0 saturated carbocycles. The monoisotopic (exact) mass is 437 g/mol. The van der Waals surface area contributed by atoms with Crippen LogP contribution in [0.1, 0.15) is 0 Å². The van der Waals surface area contributed by atoms with Crippen molar-refractivity contribution in [3.63, 3.8) is 0 Å². The number of anilines is 1. The SMILES string of the molecule is O=C(O)CN(c1cccc(Br)c1)S(=O)(=O)c1cc(Cl)ccc1Cl. The van der Waals surface area contributed by atoms with Gasteiger partial charge in [-0.1, -0.05) is 45.2 Å². The molecule has 2 aromatic carbocycles. The van der Waals surface area contributed by atoms with Crippen molar-refractivity contribution in [3.8, 4) is 0 Å². The van der Waals surface area contributed by atoms with Gasteiger partial charge in [0.05, 0.1) is 10.7 Å². The number of hydrogen-bond acceptors (Lipinski definition) is 3. The molecule has 2 rings (SSSR count). The minimum Gasteiger partial charge on any atom is -0.480 e. The number of aliphatic carboxylic acids is 1. The molecule has 0 saturated heterocycles. The topological polar surface area (TPSA) is 74.7 Å². The van der Waals surface area contributed by atoms with Crippen molar-refractivity contribution in [2.75, 3.05) is 10.8 Å². The third kappa shape index (κ3) is 4.17. The molecule has 0 aliphatic carbocycles. The zero-order chi connectivity index (χ0) is 17.2. The summed E-state index contributed by atoms with van der Waals surface area (Å²) < 4.78 is 27.1. The highest BCUT2D eigenvalue weighted by Gasteiger charge is 2.29. The van der Waals surface area contributed by atoms with Gasteiger partial charge >= 0.3 is 5.97 Å². The lowest BCUT2D eigenvalue weighted by Gasteiger charge is -2.23. The van der Waals surface area contributed by atoms with Crippen LogP contribution in [0.25, 0.3) is 0 Å². The number of carboxylic acid groups (broad SMARTS) is 1. The van der Waals surface area contributed by atoms with Gasteiger partial charge in [-0.15, -0.1) is 0 Å². The molecular formula is C14H10BrCl2NO4S. The maximum absolute atomic E-state index is 12.9. The summed E-state index contributed by atoms with van der Waals surface area (Å²) in [6.07, 6.45) is 0. The molecule has 0 atom stereocenters. The molecule has 0 spiro atoms. The van der Waals surface area contributed by atoms with E-state index in [1.165, 1.54) is 30.3 Å². The lowest BCUT2D eigenvalue weighted by atomic mass is 10.3. The van der Waals surface area contributed by atoms with Crippen molar-refractivity contribution in [1.82, 2.24) is 0 Å².